The molecular formula is C16H23N3OS. The summed E-state index contributed by atoms with van der Waals surface area (Å²) < 4.78 is 7.74. The molecule has 2 aromatic heterocycles. The van der Waals surface area contributed by atoms with Crippen molar-refractivity contribution < 1.29 is 4.74 Å². The molecule has 0 aliphatic carbocycles. The predicted molar refractivity (Wildman–Crippen MR) is 85.6 cm³/mol. The maximum Gasteiger partial charge on any atom is 0.0736 e. The number of aromatic nitrogens is 2. The highest BCUT2D eigenvalue weighted by Gasteiger charge is 2.28. The largest absolute Gasteiger partial charge is 0.381 e. The molecule has 0 saturated carbocycles. The standard InChI is InChI=1S/C16H23N3OS/c1-3-19-10-14-8-18(7-13-5-6-21-12-13)9-15(11-20-4-2)16(14)17-19/h5-6,10,12,15H,3-4,7-9,11H2,1-2H3. The number of aryl methyl sites for hydroxylation is 1. The molecule has 0 radical (unpaired) electrons. The Morgan fingerprint density at radius 2 is 2.33 bits per heavy atom. The lowest BCUT2D eigenvalue weighted by Crippen LogP contribution is -2.34. The molecule has 3 rings (SSSR count). The molecule has 0 fully saturated rings. The number of ether oxygens (including phenoxy) is 1. The highest BCUT2D eigenvalue weighted by Crippen LogP contribution is 2.28. The summed E-state index contributed by atoms with van der Waals surface area (Å²) in [5.41, 5.74) is 4.01. The van der Waals surface area contributed by atoms with Gasteiger partial charge in [-0.25, -0.2) is 0 Å². The van der Waals surface area contributed by atoms with E-state index in [1.165, 1.54) is 16.8 Å². The quantitative estimate of drug-likeness (QED) is 0.821. The first-order chi connectivity index (χ1) is 10.3. The van der Waals surface area contributed by atoms with Crippen LogP contribution in [0.3, 0.4) is 0 Å². The second kappa shape index (κ2) is 6.73. The van der Waals surface area contributed by atoms with Gasteiger partial charge in [0, 0.05) is 50.5 Å². The molecule has 0 bridgehead atoms. The van der Waals surface area contributed by atoms with E-state index in [1.807, 2.05) is 0 Å². The number of hydrogen-bond donors (Lipinski definition) is 0. The molecule has 1 aliphatic rings. The molecule has 0 aromatic carbocycles. The zero-order chi connectivity index (χ0) is 14.7. The lowest BCUT2D eigenvalue weighted by atomic mass is 9.97. The third-order valence-corrected chi connectivity index (χ3v) is 4.69. The maximum atomic E-state index is 5.68. The minimum Gasteiger partial charge on any atom is -0.381 e. The lowest BCUT2D eigenvalue weighted by molar-refractivity contribution is 0.104. The van der Waals surface area contributed by atoms with Crippen LogP contribution in [0.25, 0.3) is 0 Å². The Kier molecular flexibility index (Phi) is 4.73. The minimum atomic E-state index is 0.389. The second-order valence-electron chi connectivity index (χ2n) is 5.55. The van der Waals surface area contributed by atoms with Crippen molar-refractivity contribution in [3.63, 3.8) is 0 Å². The molecule has 21 heavy (non-hydrogen) atoms. The van der Waals surface area contributed by atoms with E-state index in [1.54, 1.807) is 11.3 Å². The molecule has 0 spiro atoms. The Morgan fingerprint density at radius 1 is 1.43 bits per heavy atom. The smallest absolute Gasteiger partial charge is 0.0736 e. The highest BCUT2D eigenvalue weighted by molar-refractivity contribution is 7.07. The third kappa shape index (κ3) is 3.36. The highest BCUT2D eigenvalue weighted by atomic mass is 32.1. The van der Waals surface area contributed by atoms with Crippen LogP contribution in [-0.2, 0) is 24.4 Å². The summed E-state index contributed by atoms with van der Waals surface area (Å²) in [5.74, 6) is 0.389. The van der Waals surface area contributed by atoms with Gasteiger partial charge in [-0.3, -0.25) is 9.58 Å². The summed E-state index contributed by atoms with van der Waals surface area (Å²) in [6.45, 7) is 9.70. The first-order valence-electron chi connectivity index (χ1n) is 7.67. The van der Waals surface area contributed by atoms with Gasteiger partial charge in [0.1, 0.15) is 0 Å². The van der Waals surface area contributed by atoms with Gasteiger partial charge in [0.25, 0.3) is 0 Å². The van der Waals surface area contributed by atoms with E-state index in [0.29, 0.717) is 5.92 Å². The zero-order valence-electron chi connectivity index (χ0n) is 12.8. The average Bonchev–Trinajstić information content (AvgIpc) is 3.13. The molecular weight excluding hydrogens is 282 g/mol. The minimum absolute atomic E-state index is 0.389. The summed E-state index contributed by atoms with van der Waals surface area (Å²) in [6.07, 6.45) is 2.20. The van der Waals surface area contributed by atoms with Crippen LogP contribution >= 0.6 is 11.3 Å². The van der Waals surface area contributed by atoms with E-state index < -0.39 is 0 Å². The molecule has 114 valence electrons. The van der Waals surface area contributed by atoms with Crippen molar-refractivity contribution in [2.45, 2.75) is 39.4 Å². The van der Waals surface area contributed by atoms with E-state index >= 15 is 0 Å². The van der Waals surface area contributed by atoms with Crippen LogP contribution in [0.15, 0.2) is 23.0 Å². The molecule has 3 heterocycles. The van der Waals surface area contributed by atoms with Gasteiger partial charge >= 0.3 is 0 Å². The molecule has 1 aliphatic heterocycles. The predicted octanol–water partition coefficient (Wildman–Crippen LogP) is 3.10. The summed E-state index contributed by atoms with van der Waals surface area (Å²) in [7, 11) is 0. The second-order valence-corrected chi connectivity index (χ2v) is 6.33. The number of hydrogen-bond acceptors (Lipinski definition) is 4. The van der Waals surface area contributed by atoms with Crippen molar-refractivity contribution in [2.75, 3.05) is 19.8 Å². The van der Waals surface area contributed by atoms with Crippen molar-refractivity contribution in [1.29, 1.82) is 0 Å². The van der Waals surface area contributed by atoms with Crippen LogP contribution in [0.5, 0.6) is 0 Å². The van der Waals surface area contributed by atoms with Gasteiger partial charge in [-0.15, -0.1) is 0 Å². The Morgan fingerprint density at radius 3 is 3.05 bits per heavy atom. The Labute approximate surface area is 130 Å². The average molecular weight is 305 g/mol. The Balaban J connectivity index is 1.77. The topological polar surface area (TPSA) is 30.3 Å². The van der Waals surface area contributed by atoms with Crippen LogP contribution in [0.2, 0.25) is 0 Å². The first-order valence-corrected chi connectivity index (χ1v) is 8.61. The van der Waals surface area contributed by atoms with Crippen LogP contribution in [-0.4, -0.2) is 34.4 Å². The van der Waals surface area contributed by atoms with Crippen molar-refractivity contribution in [2.24, 2.45) is 0 Å². The molecule has 4 nitrogen and oxygen atoms in total. The van der Waals surface area contributed by atoms with Crippen molar-refractivity contribution in [3.8, 4) is 0 Å². The molecule has 1 atom stereocenters. The van der Waals surface area contributed by atoms with Crippen LogP contribution in [0.4, 0.5) is 0 Å². The number of nitrogens with zero attached hydrogens (tertiary/aromatic N) is 3. The van der Waals surface area contributed by atoms with Gasteiger partial charge in [-0.1, -0.05) is 0 Å². The van der Waals surface area contributed by atoms with Gasteiger partial charge in [0.05, 0.1) is 12.3 Å². The van der Waals surface area contributed by atoms with E-state index in [0.717, 1.165) is 39.4 Å². The molecule has 0 amide bonds. The van der Waals surface area contributed by atoms with E-state index in [2.05, 4.69) is 46.5 Å². The van der Waals surface area contributed by atoms with Gasteiger partial charge in [0.2, 0.25) is 0 Å². The molecule has 5 heteroatoms. The normalized spacial score (nSPS) is 18.9. The van der Waals surface area contributed by atoms with E-state index in [4.69, 9.17) is 9.84 Å². The van der Waals surface area contributed by atoms with Crippen LogP contribution in [0.1, 0.15) is 36.6 Å². The molecule has 2 aromatic rings. The van der Waals surface area contributed by atoms with E-state index in [-0.39, 0.29) is 0 Å². The monoisotopic (exact) mass is 305 g/mol. The third-order valence-electron chi connectivity index (χ3n) is 3.96. The molecule has 0 saturated heterocycles. The van der Waals surface area contributed by atoms with Gasteiger partial charge in [0.15, 0.2) is 0 Å². The fraction of sp³-hybridized carbons (Fsp3) is 0.562. The lowest BCUT2D eigenvalue weighted by Gasteiger charge is -2.31. The van der Waals surface area contributed by atoms with Gasteiger partial charge in [-0.05, 0) is 36.2 Å². The maximum absolute atomic E-state index is 5.68. The van der Waals surface area contributed by atoms with Gasteiger partial charge in [-0.2, -0.15) is 16.4 Å². The summed E-state index contributed by atoms with van der Waals surface area (Å²) >= 11 is 1.77. The van der Waals surface area contributed by atoms with Crippen molar-refractivity contribution >= 4 is 11.3 Å². The number of rotatable bonds is 6. The van der Waals surface area contributed by atoms with Crippen LogP contribution < -0.4 is 0 Å². The number of fused-ring (bicyclic) bond motifs is 1. The summed E-state index contributed by atoms with van der Waals surface area (Å²) in [6, 6.07) is 2.22. The molecule has 0 N–H and O–H groups in total. The Bertz CT molecular complexity index is 564. The van der Waals surface area contributed by atoms with Crippen LogP contribution in [0, 0.1) is 0 Å². The fourth-order valence-electron chi connectivity index (χ4n) is 2.96. The zero-order valence-corrected chi connectivity index (χ0v) is 13.6. The van der Waals surface area contributed by atoms with Gasteiger partial charge < -0.3 is 4.74 Å². The fourth-order valence-corrected chi connectivity index (χ4v) is 3.62. The van der Waals surface area contributed by atoms with E-state index in [9.17, 15) is 0 Å². The summed E-state index contributed by atoms with van der Waals surface area (Å²) in [4.78, 5) is 2.51. The number of thiophene rings is 1. The SMILES string of the molecule is CCOCC1CN(Cc2ccsc2)Cc2cn(CC)nc21. The summed E-state index contributed by atoms with van der Waals surface area (Å²) in [5, 5.41) is 9.14. The van der Waals surface area contributed by atoms with Crippen molar-refractivity contribution in [3.05, 3.63) is 39.8 Å². The van der Waals surface area contributed by atoms with Crippen molar-refractivity contribution in [1.82, 2.24) is 14.7 Å². The first kappa shape index (κ1) is 14.8. The Hall–Kier alpha value is -1.17. The molecule has 1 unspecified atom stereocenters.